The predicted molar refractivity (Wildman–Crippen MR) is 84.8 cm³/mol. The summed E-state index contributed by atoms with van der Waals surface area (Å²) in [6.45, 7) is -0.00754. The third-order valence-electron chi connectivity index (χ3n) is 3.15. The van der Waals surface area contributed by atoms with Crippen molar-refractivity contribution in [3.8, 4) is 0 Å². The molecule has 0 heterocycles. The van der Waals surface area contributed by atoms with Crippen LogP contribution in [0.15, 0.2) is 64.4 Å². The van der Waals surface area contributed by atoms with Gasteiger partial charge in [-0.25, -0.2) is 13.1 Å². The second-order valence-corrected chi connectivity index (χ2v) is 8.00. The molecule has 0 saturated heterocycles. The summed E-state index contributed by atoms with van der Waals surface area (Å²) >= 11 is 0. The number of benzene rings is 2. The van der Waals surface area contributed by atoms with Gasteiger partial charge in [0, 0.05) is 12.6 Å². The first-order valence-electron chi connectivity index (χ1n) is 6.58. The van der Waals surface area contributed by atoms with E-state index in [-0.39, 0.29) is 16.3 Å². The second-order valence-electron chi connectivity index (χ2n) is 4.82. The maximum atomic E-state index is 12.2. The first-order valence-corrected chi connectivity index (χ1v) is 9.50. The minimum Gasteiger partial charge on any atom is -0.323 e. The van der Waals surface area contributed by atoms with Gasteiger partial charge in [-0.3, -0.25) is 4.55 Å². The smallest absolute Gasteiger partial charge is 0.294 e. The summed E-state index contributed by atoms with van der Waals surface area (Å²) in [5.74, 6) is 0. The highest BCUT2D eigenvalue weighted by atomic mass is 32.2. The monoisotopic (exact) mass is 356 g/mol. The van der Waals surface area contributed by atoms with Gasteiger partial charge < -0.3 is 5.73 Å². The van der Waals surface area contributed by atoms with E-state index in [2.05, 4.69) is 4.72 Å². The molecular weight excluding hydrogens is 340 g/mol. The van der Waals surface area contributed by atoms with Gasteiger partial charge in [0.25, 0.3) is 10.1 Å². The molecule has 2 aromatic carbocycles. The van der Waals surface area contributed by atoms with Gasteiger partial charge >= 0.3 is 0 Å². The van der Waals surface area contributed by atoms with Gasteiger partial charge in [-0.15, -0.1) is 0 Å². The molecule has 0 aromatic heterocycles. The van der Waals surface area contributed by atoms with Gasteiger partial charge in [-0.1, -0.05) is 30.3 Å². The number of nitrogens with two attached hydrogens (primary N) is 1. The molecule has 0 unspecified atom stereocenters. The highest BCUT2D eigenvalue weighted by molar-refractivity contribution is 7.89. The highest BCUT2D eigenvalue weighted by Gasteiger charge is 2.17. The minimum atomic E-state index is -4.36. The Hall–Kier alpha value is -1.78. The third kappa shape index (κ3) is 4.60. The van der Waals surface area contributed by atoms with E-state index in [0.29, 0.717) is 0 Å². The molecule has 2 aromatic rings. The summed E-state index contributed by atoms with van der Waals surface area (Å²) < 4.78 is 57.4. The Morgan fingerprint density at radius 2 is 1.43 bits per heavy atom. The molecule has 0 bridgehead atoms. The predicted octanol–water partition coefficient (Wildman–Crippen LogP) is 0.912. The first kappa shape index (κ1) is 17.6. The van der Waals surface area contributed by atoms with Gasteiger partial charge in [-0.2, -0.15) is 8.42 Å². The summed E-state index contributed by atoms with van der Waals surface area (Å²) in [4.78, 5) is -0.498. The van der Waals surface area contributed by atoms with Crippen LogP contribution < -0.4 is 10.5 Å². The second kappa shape index (κ2) is 6.77. The Bertz CT molecular complexity index is 863. The van der Waals surface area contributed by atoms with E-state index in [9.17, 15) is 16.8 Å². The lowest BCUT2D eigenvalue weighted by atomic mass is 10.1. The van der Waals surface area contributed by atoms with Crippen molar-refractivity contribution < 1.29 is 21.4 Å². The first-order chi connectivity index (χ1) is 10.7. The van der Waals surface area contributed by atoms with Crippen LogP contribution >= 0.6 is 0 Å². The Labute approximate surface area is 134 Å². The van der Waals surface area contributed by atoms with Crippen molar-refractivity contribution in [1.29, 1.82) is 0 Å². The molecule has 1 atom stereocenters. The Balaban J connectivity index is 2.10. The lowest BCUT2D eigenvalue weighted by Gasteiger charge is -2.13. The van der Waals surface area contributed by atoms with Crippen molar-refractivity contribution >= 4 is 20.1 Å². The summed E-state index contributed by atoms with van der Waals surface area (Å²) in [5.41, 5.74) is 6.71. The van der Waals surface area contributed by atoms with Gasteiger partial charge in [0.2, 0.25) is 10.0 Å². The van der Waals surface area contributed by atoms with Crippen LogP contribution in [0.1, 0.15) is 11.6 Å². The summed E-state index contributed by atoms with van der Waals surface area (Å²) in [6.07, 6.45) is 0. The molecular formula is C14H16N2O5S2. The zero-order valence-corrected chi connectivity index (χ0v) is 13.6. The van der Waals surface area contributed by atoms with Crippen molar-refractivity contribution in [2.75, 3.05) is 6.54 Å². The average Bonchev–Trinajstić information content (AvgIpc) is 2.53. The topological polar surface area (TPSA) is 127 Å². The molecule has 0 amide bonds. The lowest BCUT2D eigenvalue weighted by molar-refractivity contribution is 0.483. The number of sulfonamides is 1. The van der Waals surface area contributed by atoms with Crippen LogP contribution in [0.5, 0.6) is 0 Å². The summed E-state index contributed by atoms with van der Waals surface area (Å²) in [7, 11) is -8.19. The van der Waals surface area contributed by atoms with Crippen LogP contribution in [0.2, 0.25) is 0 Å². The quantitative estimate of drug-likeness (QED) is 0.660. The average molecular weight is 356 g/mol. The molecule has 23 heavy (non-hydrogen) atoms. The normalized spacial score (nSPS) is 13.7. The van der Waals surface area contributed by atoms with E-state index in [4.69, 9.17) is 10.3 Å². The van der Waals surface area contributed by atoms with Crippen LogP contribution in [0, 0.1) is 0 Å². The molecule has 0 aliphatic heterocycles. The highest BCUT2D eigenvalue weighted by Crippen LogP contribution is 2.15. The van der Waals surface area contributed by atoms with E-state index in [0.717, 1.165) is 29.8 Å². The van der Waals surface area contributed by atoms with Crippen LogP contribution in [-0.4, -0.2) is 27.9 Å². The summed E-state index contributed by atoms with van der Waals surface area (Å²) in [5, 5.41) is 0. The van der Waals surface area contributed by atoms with Gasteiger partial charge in [-0.05, 0) is 29.8 Å². The van der Waals surface area contributed by atoms with Crippen LogP contribution in [0.3, 0.4) is 0 Å². The van der Waals surface area contributed by atoms with E-state index in [1.54, 1.807) is 24.3 Å². The van der Waals surface area contributed by atoms with E-state index in [1.165, 1.54) is 0 Å². The summed E-state index contributed by atoms with van der Waals surface area (Å²) in [6, 6.07) is 12.7. The number of nitrogens with one attached hydrogen (secondary N) is 1. The molecule has 2 rings (SSSR count). The van der Waals surface area contributed by atoms with Crippen LogP contribution in [-0.2, 0) is 20.1 Å². The molecule has 0 spiro atoms. The molecule has 7 nitrogen and oxygen atoms in total. The molecule has 0 aliphatic rings. The Kier molecular flexibility index (Phi) is 5.17. The fraction of sp³-hybridized carbons (Fsp3) is 0.143. The maximum absolute atomic E-state index is 12.2. The molecule has 0 aliphatic carbocycles. The fourth-order valence-corrected chi connectivity index (χ4v) is 3.43. The van der Waals surface area contributed by atoms with Crippen molar-refractivity contribution in [3.05, 3.63) is 60.2 Å². The standard InChI is InChI=1S/C14H16N2O5S2/c15-14(11-4-2-1-3-5-11)10-16-22(17,18)12-6-8-13(9-7-12)23(19,20)21/h1-9,14,16H,10,15H2,(H,19,20,21)/t14-/m0/s1. The molecule has 0 fully saturated rings. The minimum absolute atomic E-state index is 0.00754. The number of hydrogen-bond donors (Lipinski definition) is 3. The van der Waals surface area contributed by atoms with Crippen molar-refractivity contribution in [2.45, 2.75) is 15.8 Å². The van der Waals surface area contributed by atoms with E-state index >= 15 is 0 Å². The number of hydrogen-bond acceptors (Lipinski definition) is 5. The van der Waals surface area contributed by atoms with Crippen LogP contribution in [0.25, 0.3) is 0 Å². The van der Waals surface area contributed by atoms with Crippen molar-refractivity contribution in [3.63, 3.8) is 0 Å². The Morgan fingerprint density at radius 1 is 0.913 bits per heavy atom. The zero-order valence-electron chi connectivity index (χ0n) is 12.0. The van der Waals surface area contributed by atoms with Gasteiger partial charge in [0.15, 0.2) is 0 Å². The van der Waals surface area contributed by atoms with Gasteiger partial charge in [0.05, 0.1) is 9.79 Å². The van der Waals surface area contributed by atoms with Crippen molar-refractivity contribution in [2.24, 2.45) is 5.73 Å². The van der Waals surface area contributed by atoms with Gasteiger partial charge in [0.1, 0.15) is 0 Å². The molecule has 9 heteroatoms. The molecule has 0 radical (unpaired) electrons. The van der Waals surface area contributed by atoms with E-state index in [1.807, 2.05) is 6.07 Å². The maximum Gasteiger partial charge on any atom is 0.294 e. The largest absolute Gasteiger partial charge is 0.323 e. The van der Waals surface area contributed by atoms with E-state index < -0.39 is 26.2 Å². The lowest BCUT2D eigenvalue weighted by Crippen LogP contribution is -2.32. The fourth-order valence-electron chi connectivity index (χ4n) is 1.89. The van der Waals surface area contributed by atoms with Crippen molar-refractivity contribution in [1.82, 2.24) is 4.72 Å². The zero-order chi connectivity index (χ0) is 17.1. The molecule has 4 N–H and O–H groups in total. The number of rotatable bonds is 6. The molecule has 124 valence electrons. The SMILES string of the molecule is N[C@@H](CNS(=O)(=O)c1ccc(S(=O)(=O)O)cc1)c1ccccc1. The third-order valence-corrected chi connectivity index (χ3v) is 5.46. The van der Waals surface area contributed by atoms with Crippen LogP contribution in [0.4, 0.5) is 0 Å². The molecule has 0 saturated carbocycles. The Morgan fingerprint density at radius 3 is 1.96 bits per heavy atom.